The highest BCUT2D eigenvalue weighted by Gasteiger charge is 2.23. The molecule has 3 nitrogen and oxygen atoms in total. The Morgan fingerprint density at radius 3 is 2.89 bits per heavy atom. The molecule has 0 saturated carbocycles. The maximum atomic E-state index is 12.4. The molecule has 0 aromatic heterocycles. The van der Waals surface area contributed by atoms with Crippen LogP contribution >= 0.6 is 11.8 Å². The van der Waals surface area contributed by atoms with Crippen molar-refractivity contribution in [2.24, 2.45) is 5.92 Å². The Morgan fingerprint density at radius 2 is 2.22 bits per heavy atom. The molecule has 1 atom stereocenters. The maximum absolute atomic E-state index is 12.4. The number of hydrogen-bond acceptors (Lipinski definition) is 3. The van der Waals surface area contributed by atoms with Crippen LogP contribution in [0.1, 0.15) is 6.42 Å². The third-order valence-electron chi connectivity index (χ3n) is 2.79. The van der Waals surface area contributed by atoms with Crippen molar-refractivity contribution in [3.05, 3.63) is 24.3 Å². The molecule has 1 amide bonds. The van der Waals surface area contributed by atoms with E-state index >= 15 is 0 Å². The van der Waals surface area contributed by atoms with E-state index in [4.69, 9.17) is 0 Å². The van der Waals surface area contributed by atoms with E-state index < -0.39 is 5.76 Å². The van der Waals surface area contributed by atoms with Crippen LogP contribution in [-0.2, 0) is 4.79 Å². The lowest BCUT2D eigenvalue weighted by Crippen LogP contribution is -2.24. The van der Waals surface area contributed by atoms with Crippen LogP contribution in [0, 0.1) is 5.92 Å². The van der Waals surface area contributed by atoms with Crippen LogP contribution in [0.25, 0.3) is 0 Å². The number of alkyl halides is 2. The van der Waals surface area contributed by atoms with Crippen molar-refractivity contribution in [1.82, 2.24) is 5.32 Å². The second-order valence-electron chi connectivity index (χ2n) is 4.05. The second kappa shape index (κ2) is 6.15. The van der Waals surface area contributed by atoms with Crippen molar-refractivity contribution >= 4 is 23.4 Å². The van der Waals surface area contributed by atoms with E-state index in [1.807, 2.05) is 0 Å². The molecule has 0 radical (unpaired) electrons. The van der Waals surface area contributed by atoms with E-state index in [1.165, 1.54) is 0 Å². The summed E-state index contributed by atoms with van der Waals surface area (Å²) in [5, 5.41) is 5.82. The van der Waals surface area contributed by atoms with Crippen molar-refractivity contribution in [2.75, 3.05) is 18.4 Å². The summed E-state index contributed by atoms with van der Waals surface area (Å²) in [6, 6.07) is 6.62. The zero-order chi connectivity index (χ0) is 13.0. The molecule has 1 aromatic carbocycles. The summed E-state index contributed by atoms with van der Waals surface area (Å²) in [7, 11) is 0. The quantitative estimate of drug-likeness (QED) is 0.828. The summed E-state index contributed by atoms with van der Waals surface area (Å²) in [5.74, 6) is -2.67. The molecule has 1 aromatic rings. The van der Waals surface area contributed by atoms with Gasteiger partial charge in [-0.3, -0.25) is 4.79 Å². The smallest absolute Gasteiger partial charge is 0.288 e. The number of anilines is 1. The number of amides is 1. The summed E-state index contributed by atoms with van der Waals surface area (Å²) in [4.78, 5) is 12.3. The highest BCUT2D eigenvalue weighted by Crippen LogP contribution is 2.31. The molecule has 2 N–H and O–H groups in total. The monoisotopic (exact) mass is 272 g/mol. The average Bonchev–Trinajstić information content (AvgIpc) is 2.84. The first-order valence-corrected chi connectivity index (χ1v) is 6.60. The molecule has 2 rings (SSSR count). The largest absolute Gasteiger partial charge is 0.325 e. The molecule has 1 fully saturated rings. The van der Waals surface area contributed by atoms with Crippen molar-refractivity contribution in [3.63, 3.8) is 0 Å². The number of rotatable bonds is 4. The first-order valence-electron chi connectivity index (χ1n) is 5.72. The minimum absolute atomic E-state index is 0.0744. The van der Waals surface area contributed by atoms with Gasteiger partial charge in [0.1, 0.15) is 0 Å². The summed E-state index contributed by atoms with van der Waals surface area (Å²) in [6.07, 6.45) is 0.788. The first kappa shape index (κ1) is 13.3. The zero-order valence-electron chi connectivity index (χ0n) is 9.66. The first-order chi connectivity index (χ1) is 8.66. The molecule has 1 aliphatic rings. The van der Waals surface area contributed by atoms with Crippen LogP contribution in [0.2, 0.25) is 0 Å². The predicted molar refractivity (Wildman–Crippen MR) is 67.9 cm³/mol. The van der Waals surface area contributed by atoms with Gasteiger partial charge in [-0.1, -0.05) is 23.9 Å². The van der Waals surface area contributed by atoms with Crippen LogP contribution < -0.4 is 10.6 Å². The van der Waals surface area contributed by atoms with Crippen molar-refractivity contribution in [1.29, 1.82) is 0 Å². The lowest BCUT2D eigenvalue weighted by molar-refractivity contribution is -0.119. The molecule has 1 unspecified atom stereocenters. The molecule has 1 aliphatic heterocycles. The molecule has 1 saturated heterocycles. The number of nitrogens with one attached hydrogen (secondary N) is 2. The predicted octanol–water partition coefficient (Wildman–Crippen LogP) is 2.55. The van der Waals surface area contributed by atoms with Crippen LogP contribution in [0.15, 0.2) is 29.2 Å². The van der Waals surface area contributed by atoms with E-state index in [0.717, 1.165) is 13.0 Å². The Balaban J connectivity index is 2.05. The summed E-state index contributed by atoms with van der Waals surface area (Å²) in [5.41, 5.74) is 0.458. The van der Waals surface area contributed by atoms with Crippen molar-refractivity contribution in [3.8, 4) is 0 Å². The van der Waals surface area contributed by atoms with E-state index in [9.17, 15) is 13.6 Å². The normalized spacial score (nSPS) is 19.2. The number of benzene rings is 1. The zero-order valence-corrected chi connectivity index (χ0v) is 10.5. The van der Waals surface area contributed by atoms with Gasteiger partial charge in [-0.2, -0.15) is 8.78 Å². The number of hydrogen-bond donors (Lipinski definition) is 2. The highest BCUT2D eigenvalue weighted by molar-refractivity contribution is 7.99. The third-order valence-corrected chi connectivity index (χ3v) is 3.58. The lowest BCUT2D eigenvalue weighted by atomic mass is 10.1. The molecule has 0 aliphatic carbocycles. The fraction of sp³-hybridized carbons (Fsp3) is 0.417. The molecule has 6 heteroatoms. The second-order valence-corrected chi connectivity index (χ2v) is 5.09. The van der Waals surface area contributed by atoms with Gasteiger partial charge in [0.05, 0.1) is 11.6 Å². The summed E-state index contributed by atoms with van der Waals surface area (Å²) < 4.78 is 24.8. The Kier molecular flexibility index (Phi) is 4.54. The van der Waals surface area contributed by atoms with Gasteiger partial charge in [0, 0.05) is 11.4 Å². The fourth-order valence-electron chi connectivity index (χ4n) is 1.88. The molecule has 1 heterocycles. The van der Waals surface area contributed by atoms with Gasteiger partial charge in [0.15, 0.2) is 0 Å². The lowest BCUT2D eigenvalue weighted by Gasteiger charge is -2.13. The summed E-state index contributed by atoms with van der Waals surface area (Å²) >= 11 is 0.446. The fourth-order valence-corrected chi connectivity index (χ4v) is 2.48. The molecule has 0 spiro atoms. The molecule has 18 heavy (non-hydrogen) atoms. The molecular weight excluding hydrogens is 258 g/mol. The van der Waals surface area contributed by atoms with E-state index in [2.05, 4.69) is 10.6 Å². The van der Waals surface area contributed by atoms with Gasteiger partial charge in [-0.05, 0) is 25.1 Å². The number of carbonyl (C=O) groups excluding carboxylic acids is 1. The van der Waals surface area contributed by atoms with Crippen LogP contribution in [0.5, 0.6) is 0 Å². The molecule has 98 valence electrons. The van der Waals surface area contributed by atoms with Gasteiger partial charge < -0.3 is 10.6 Å². The van der Waals surface area contributed by atoms with Gasteiger partial charge in [0.2, 0.25) is 5.91 Å². The Labute approximate surface area is 108 Å². The SMILES string of the molecule is O=C(Nc1ccccc1SC(F)F)C1CCNC1. The van der Waals surface area contributed by atoms with Crippen LogP contribution in [0.3, 0.4) is 0 Å². The van der Waals surface area contributed by atoms with Gasteiger partial charge >= 0.3 is 0 Å². The van der Waals surface area contributed by atoms with E-state index in [1.54, 1.807) is 24.3 Å². The number of para-hydroxylation sites is 1. The van der Waals surface area contributed by atoms with Gasteiger partial charge in [0.25, 0.3) is 5.76 Å². The highest BCUT2D eigenvalue weighted by atomic mass is 32.2. The third kappa shape index (κ3) is 3.43. The molecule has 0 bridgehead atoms. The van der Waals surface area contributed by atoms with Crippen molar-refractivity contribution in [2.45, 2.75) is 17.1 Å². The van der Waals surface area contributed by atoms with E-state index in [0.29, 0.717) is 28.9 Å². The topological polar surface area (TPSA) is 41.1 Å². The standard InChI is InChI=1S/C12H14F2N2OS/c13-12(14)18-10-4-2-1-3-9(10)16-11(17)8-5-6-15-7-8/h1-4,8,12,15H,5-7H2,(H,16,17). The van der Waals surface area contributed by atoms with Gasteiger partial charge in [-0.25, -0.2) is 0 Å². The number of carbonyl (C=O) groups is 1. The average molecular weight is 272 g/mol. The van der Waals surface area contributed by atoms with E-state index in [-0.39, 0.29) is 11.8 Å². The molecular formula is C12H14F2N2OS. The Bertz CT molecular complexity index is 422. The maximum Gasteiger partial charge on any atom is 0.288 e. The summed E-state index contributed by atoms with van der Waals surface area (Å²) in [6.45, 7) is 1.47. The van der Waals surface area contributed by atoms with Crippen molar-refractivity contribution < 1.29 is 13.6 Å². The minimum atomic E-state index is -2.49. The number of halogens is 2. The van der Waals surface area contributed by atoms with Crippen LogP contribution in [0.4, 0.5) is 14.5 Å². The Hall–Kier alpha value is -1.14. The number of thioether (sulfide) groups is 1. The van der Waals surface area contributed by atoms with Gasteiger partial charge in [-0.15, -0.1) is 0 Å². The van der Waals surface area contributed by atoms with Crippen LogP contribution in [-0.4, -0.2) is 24.8 Å². The minimum Gasteiger partial charge on any atom is -0.325 e. The Morgan fingerprint density at radius 1 is 1.44 bits per heavy atom.